The second-order valence-electron chi connectivity index (χ2n) is 5.30. The van der Waals surface area contributed by atoms with E-state index in [4.69, 9.17) is 0 Å². The Kier molecular flexibility index (Phi) is 5.88. The minimum absolute atomic E-state index is 0.244. The van der Waals surface area contributed by atoms with Crippen molar-refractivity contribution < 1.29 is 30.3 Å². The molecule has 0 spiro atoms. The van der Waals surface area contributed by atoms with E-state index >= 15 is 0 Å². The summed E-state index contributed by atoms with van der Waals surface area (Å²) in [6, 6.07) is 7.09. The van der Waals surface area contributed by atoms with Crippen LogP contribution in [-0.4, -0.2) is 80.3 Å². The normalized spacial score (nSPS) is 31.6. The zero-order chi connectivity index (χ0) is 17.0. The molecule has 5 atom stereocenters. The van der Waals surface area contributed by atoms with Crippen molar-refractivity contribution >= 4 is 11.7 Å². The van der Waals surface area contributed by atoms with Crippen LogP contribution in [0.25, 0.3) is 0 Å². The Morgan fingerprint density at radius 1 is 1.04 bits per heavy atom. The number of amides is 2. The van der Waals surface area contributed by atoms with Crippen LogP contribution in [0, 0.1) is 0 Å². The van der Waals surface area contributed by atoms with Gasteiger partial charge in [-0.25, -0.2) is 4.79 Å². The predicted molar refractivity (Wildman–Crippen MR) is 80.2 cm³/mol. The van der Waals surface area contributed by atoms with Crippen molar-refractivity contribution in [2.24, 2.45) is 0 Å². The molecule has 1 unspecified atom stereocenters. The molecular formula is C14H21N3O6. The first kappa shape index (κ1) is 17.6. The number of rotatable bonds is 4. The second-order valence-corrected chi connectivity index (χ2v) is 5.30. The van der Waals surface area contributed by atoms with E-state index in [1.54, 1.807) is 30.3 Å². The summed E-state index contributed by atoms with van der Waals surface area (Å²) in [6.45, 7) is -0.810. The topological polar surface area (TPSA) is 146 Å². The summed E-state index contributed by atoms with van der Waals surface area (Å²) < 4.78 is 0. The van der Waals surface area contributed by atoms with Gasteiger partial charge in [0.2, 0.25) is 0 Å². The Balaban J connectivity index is 1.95. The number of carbonyl (C=O) groups excluding carboxylic acids is 1. The van der Waals surface area contributed by atoms with E-state index in [1.165, 1.54) is 0 Å². The second kappa shape index (κ2) is 7.68. The Bertz CT molecular complexity index is 516. The van der Waals surface area contributed by atoms with Gasteiger partial charge in [-0.15, -0.1) is 0 Å². The molecule has 23 heavy (non-hydrogen) atoms. The van der Waals surface area contributed by atoms with E-state index in [1.807, 2.05) is 0 Å². The number of likely N-dealkylation sites (tertiary alicyclic amines) is 1. The van der Waals surface area contributed by atoms with E-state index < -0.39 is 43.2 Å². The SMILES string of the molecule is O=C(NCN1C(O)[C@H](O)[C@@H](O)[C@H](O)[C@H]1CO)Nc1ccccc1. The maximum absolute atomic E-state index is 11.8. The summed E-state index contributed by atoms with van der Waals surface area (Å²) >= 11 is 0. The van der Waals surface area contributed by atoms with E-state index in [0.717, 1.165) is 4.90 Å². The first-order valence-electron chi connectivity index (χ1n) is 7.14. The van der Waals surface area contributed by atoms with E-state index in [-0.39, 0.29) is 6.67 Å². The number of aliphatic hydroxyl groups excluding tert-OH is 5. The Labute approximate surface area is 132 Å². The lowest BCUT2D eigenvalue weighted by atomic mass is 9.93. The number of benzene rings is 1. The minimum Gasteiger partial charge on any atom is -0.395 e. The van der Waals surface area contributed by atoms with E-state index in [9.17, 15) is 30.3 Å². The van der Waals surface area contributed by atoms with Gasteiger partial charge < -0.3 is 36.2 Å². The summed E-state index contributed by atoms with van der Waals surface area (Å²) in [5, 5.41) is 53.4. The van der Waals surface area contributed by atoms with Crippen molar-refractivity contribution in [3.63, 3.8) is 0 Å². The number of urea groups is 1. The van der Waals surface area contributed by atoms with Gasteiger partial charge in [0.05, 0.1) is 19.3 Å². The first-order valence-corrected chi connectivity index (χ1v) is 7.14. The Hall–Kier alpha value is -1.75. The number of nitrogens with one attached hydrogen (secondary N) is 2. The van der Waals surface area contributed by atoms with Crippen LogP contribution in [0.1, 0.15) is 0 Å². The molecule has 2 amide bonds. The van der Waals surface area contributed by atoms with Crippen LogP contribution in [0.2, 0.25) is 0 Å². The molecule has 1 aromatic rings. The van der Waals surface area contributed by atoms with Crippen molar-refractivity contribution in [3.8, 4) is 0 Å². The summed E-state index contributed by atoms with van der Waals surface area (Å²) in [7, 11) is 0. The zero-order valence-corrected chi connectivity index (χ0v) is 12.3. The average Bonchev–Trinajstić information content (AvgIpc) is 2.56. The van der Waals surface area contributed by atoms with Crippen molar-refractivity contribution in [1.29, 1.82) is 0 Å². The molecule has 0 bridgehead atoms. The number of hydrogen-bond acceptors (Lipinski definition) is 7. The molecule has 1 saturated heterocycles. The van der Waals surface area contributed by atoms with Gasteiger partial charge in [-0.05, 0) is 12.1 Å². The Morgan fingerprint density at radius 2 is 1.70 bits per heavy atom. The van der Waals surface area contributed by atoms with Gasteiger partial charge >= 0.3 is 6.03 Å². The maximum atomic E-state index is 11.8. The molecule has 1 aromatic carbocycles. The van der Waals surface area contributed by atoms with Crippen LogP contribution in [0.5, 0.6) is 0 Å². The number of piperidine rings is 1. The lowest BCUT2D eigenvalue weighted by molar-refractivity contribution is -0.223. The third-order valence-electron chi connectivity index (χ3n) is 3.81. The number of nitrogens with zero attached hydrogens (tertiary/aromatic N) is 1. The highest BCUT2D eigenvalue weighted by Crippen LogP contribution is 2.22. The molecule has 1 fully saturated rings. The van der Waals surface area contributed by atoms with Crippen LogP contribution in [-0.2, 0) is 0 Å². The zero-order valence-electron chi connectivity index (χ0n) is 12.3. The molecule has 0 saturated carbocycles. The quantitative estimate of drug-likeness (QED) is 0.333. The van der Waals surface area contributed by atoms with Gasteiger partial charge in [-0.1, -0.05) is 18.2 Å². The molecule has 128 valence electrons. The highest BCUT2D eigenvalue weighted by molar-refractivity contribution is 5.89. The van der Waals surface area contributed by atoms with Gasteiger partial charge in [-0.3, -0.25) is 4.90 Å². The highest BCUT2D eigenvalue weighted by Gasteiger charge is 2.46. The smallest absolute Gasteiger partial charge is 0.320 e. The van der Waals surface area contributed by atoms with E-state index in [0.29, 0.717) is 5.69 Å². The van der Waals surface area contributed by atoms with Gasteiger partial charge in [0, 0.05) is 5.69 Å². The van der Waals surface area contributed by atoms with Gasteiger partial charge in [0.15, 0.2) is 0 Å². The molecule has 9 heteroatoms. The lowest BCUT2D eigenvalue weighted by Crippen LogP contribution is -2.68. The molecule has 0 aliphatic carbocycles. The summed E-state index contributed by atoms with van der Waals surface area (Å²) in [6.07, 6.45) is -6.21. The third kappa shape index (κ3) is 3.96. The Morgan fingerprint density at radius 3 is 2.30 bits per heavy atom. The van der Waals surface area contributed by atoms with Gasteiger partial charge in [-0.2, -0.15) is 0 Å². The van der Waals surface area contributed by atoms with Crippen molar-refractivity contribution in [1.82, 2.24) is 10.2 Å². The van der Waals surface area contributed by atoms with Crippen LogP contribution >= 0.6 is 0 Å². The fraction of sp³-hybridized carbons (Fsp3) is 0.500. The number of para-hydroxylation sites is 1. The van der Waals surface area contributed by atoms with Crippen molar-refractivity contribution in [2.75, 3.05) is 18.6 Å². The molecule has 1 aliphatic rings. The first-order chi connectivity index (χ1) is 11.0. The van der Waals surface area contributed by atoms with Crippen molar-refractivity contribution in [3.05, 3.63) is 30.3 Å². The summed E-state index contributed by atoms with van der Waals surface area (Å²) in [5.41, 5.74) is 0.568. The number of aliphatic hydroxyl groups is 5. The number of carbonyl (C=O) groups is 1. The van der Waals surface area contributed by atoms with Gasteiger partial charge in [0.1, 0.15) is 24.5 Å². The predicted octanol–water partition coefficient (Wildman–Crippen LogP) is -2.16. The molecule has 0 radical (unpaired) electrons. The van der Waals surface area contributed by atoms with Crippen LogP contribution in [0.3, 0.4) is 0 Å². The molecule has 1 aliphatic heterocycles. The lowest BCUT2D eigenvalue weighted by Gasteiger charge is -2.46. The van der Waals surface area contributed by atoms with Crippen molar-refractivity contribution in [2.45, 2.75) is 30.6 Å². The average molecular weight is 327 g/mol. The molecule has 1 heterocycles. The van der Waals surface area contributed by atoms with Crippen LogP contribution in [0.15, 0.2) is 30.3 Å². The van der Waals surface area contributed by atoms with Crippen LogP contribution in [0.4, 0.5) is 10.5 Å². The monoisotopic (exact) mass is 327 g/mol. The standard InChI is InChI=1S/C14H21N3O6/c18-6-9-10(19)11(20)12(21)13(22)17(9)7-15-14(23)16-8-4-2-1-3-5-8/h1-5,9-13,18-22H,6-7H2,(H2,15,16,23)/t9-,10-,11+,12-,13?/m1/s1. The van der Waals surface area contributed by atoms with Gasteiger partial charge in [0.25, 0.3) is 0 Å². The largest absolute Gasteiger partial charge is 0.395 e. The number of hydrogen-bond donors (Lipinski definition) is 7. The molecule has 2 rings (SSSR count). The summed E-state index contributed by atoms with van der Waals surface area (Å²) in [5.74, 6) is 0. The van der Waals surface area contributed by atoms with E-state index in [2.05, 4.69) is 10.6 Å². The fourth-order valence-corrected chi connectivity index (χ4v) is 2.48. The number of anilines is 1. The fourth-order valence-electron chi connectivity index (χ4n) is 2.48. The third-order valence-corrected chi connectivity index (χ3v) is 3.81. The molecule has 7 N–H and O–H groups in total. The molecular weight excluding hydrogens is 306 g/mol. The van der Waals surface area contributed by atoms with Crippen LogP contribution < -0.4 is 10.6 Å². The summed E-state index contributed by atoms with van der Waals surface area (Å²) in [4.78, 5) is 12.9. The molecule has 0 aromatic heterocycles. The highest BCUT2D eigenvalue weighted by atomic mass is 16.4. The maximum Gasteiger partial charge on any atom is 0.320 e. The minimum atomic E-state index is -1.62. The molecule has 9 nitrogen and oxygen atoms in total.